The molecule has 0 fully saturated rings. The Morgan fingerprint density at radius 3 is 1.31 bits per heavy atom. The third-order valence-corrected chi connectivity index (χ3v) is 12.2. The molecule has 3 N–H and O–H groups in total. The van der Waals surface area contributed by atoms with E-state index in [-0.39, 0.29) is 31.3 Å². The molecule has 6 heteroatoms. The Balaban J connectivity index is 4.73. The summed E-state index contributed by atoms with van der Waals surface area (Å²) in [6.45, 7) is 6.34. The molecule has 0 aliphatic heterocycles. The quantitative estimate of drug-likeness (QED) is 0.0244. The molecule has 0 bridgehead atoms. The maximum Gasteiger partial charge on any atom is 0.306 e. The third kappa shape index (κ3) is 49.0. The lowest BCUT2D eigenvalue weighted by atomic mass is 10.0. The molecule has 67 heavy (non-hydrogen) atoms. The molecule has 0 radical (unpaired) electrons. The van der Waals surface area contributed by atoms with Crippen molar-refractivity contribution in [1.82, 2.24) is 5.32 Å². The van der Waals surface area contributed by atoms with E-state index in [1.165, 1.54) is 122 Å². The van der Waals surface area contributed by atoms with Gasteiger partial charge in [0.25, 0.3) is 0 Å². The predicted molar refractivity (Wildman–Crippen MR) is 291 cm³/mol. The van der Waals surface area contributed by atoms with E-state index in [2.05, 4.69) is 117 Å². The van der Waals surface area contributed by atoms with Crippen LogP contribution in [0.15, 0.2) is 97.2 Å². The maximum atomic E-state index is 13.2. The fourth-order valence-corrected chi connectivity index (χ4v) is 7.98. The Morgan fingerprint density at radius 2 is 0.866 bits per heavy atom. The molecular weight excluding hydrogens is 827 g/mol. The van der Waals surface area contributed by atoms with Gasteiger partial charge in [-0.05, 0) is 83.5 Å². The van der Waals surface area contributed by atoms with Gasteiger partial charge in [-0.3, -0.25) is 9.59 Å². The fourth-order valence-electron chi connectivity index (χ4n) is 7.98. The summed E-state index contributed by atoms with van der Waals surface area (Å²) in [5, 5.41) is 23.8. The van der Waals surface area contributed by atoms with Gasteiger partial charge in [-0.25, -0.2) is 0 Å². The van der Waals surface area contributed by atoms with Crippen LogP contribution in [-0.2, 0) is 14.3 Å². The highest BCUT2D eigenvalue weighted by molar-refractivity contribution is 5.77. The molecule has 0 aliphatic carbocycles. The molecule has 3 unspecified atom stereocenters. The van der Waals surface area contributed by atoms with Gasteiger partial charge in [0.1, 0.15) is 6.10 Å². The predicted octanol–water partition coefficient (Wildman–Crippen LogP) is 17.3. The van der Waals surface area contributed by atoms with Crippen molar-refractivity contribution >= 4 is 11.9 Å². The van der Waals surface area contributed by atoms with Crippen molar-refractivity contribution in [1.29, 1.82) is 0 Å². The largest absolute Gasteiger partial charge is 0.462 e. The summed E-state index contributed by atoms with van der Waals surface area (Å²) in [6.07, 6.45) is 72.0. The van der Waals surface area contributed by atoms with Crippen LogP contribution in [0.3, 0.4) is 0 Å². The van der Waals surface area contributed by atoms with Crippen LogP contribution in [0.4, 0.5) is 0 Å². The molecule has 0 aromatic heterocycles. The summed E-state index contributed by atoms with van der Waals surface area (Å²) < 4.78 is 5.88. The van der Waals surface area contributed by atoms with E-state index in [4.69, 9.17) is 4.74 Å². The van der Waals surface area contributed by atoms with E-state index in [0.717, 1.165) is 77.0 Å². The summed E-state index contributed by atoms with van der Waals surface area (Å²) in [6, 6.07) is -0.737. The molecule has 0 aromatic rings. The van der Waals surface area contributed by atoms with Crippen LogP contribution in [0.2, 0.25) is 0 Å². The standard InChI is InChI=1S/C61H105NO5/c1-4-7-10-13-16-19-22-25-28-29-30-31-33-36-39-42-45-48-51-54-61(66)67-57(52-49-46-43-40-37-34-27-24-21-18-15-12-9-6-3)55-60(65)62-58(56-63)59(64)53-50-47-44-41-38-35-32-26-23-20-17-14-11-8-5-2/h7,10,16,19,25,28,30-31,34,36-37,39-40,43,45,48,57-59,63-64H,4-6,8-9,11-15,17-18,20-24,26-27,29,32-33,35,38,41-42,44,46-47,49-56H2,1-3H3,(H,62,65)/b10-7-,19-16-,28-25-,31-30-,37-34+,39-36-,43-40+,48-45-. The molecule has 1 amide bonds. The minimum Gasteiger partial charge on any atom is -0.462 e. The Morgan fingerprint density at radius 1 is 0.463 bits per heavy atom. The van der Waals surface area contributed by atoms with Crippen LogP contribution in [-0.4, -0.2) is 46.9 Å². The highest BCUT2D eigenvalue weighted by Crippen LogP contribution is 2.17. The van der Waals surface area contributed by atoms with E-state index in [1.807, 2.05) is 6.08 Å². The second-order valence-corrected chi connectivity index (χ2v) is 18.6. The maximum absolute atomic E-state index is 13.2. The van der Waals surface area contributed by atoms with Gasteiger partial charge in [0.05, 0.1) is 25.2 Å². The van der Waals surface area contributed by atoms with Crippen LogP contribution in [0.25, 0.3) is 0 Å². The molecule has 6 nitrogen and oxygen atoms in total. The van der Waals surface area contributed by atoms with E-state index in [9.17, 15) is 19.8 Å². The van der Waals surface area contributed by atoms with Crippen molar-refractivity contribution in [3.63, 3.8) is 0 Å². The average molecular weight is 933 g/mol. The molecule has 0 saturated carbocycles. The number of allylic oxidation sites excluding steroid dienone is 16. The van der Waals surface area contributed by atoms with Crippen molar-refractivity contribution in [3.8, 4) is 0 Å². The molecule has 384 valence electrons. The van der Waals surface area contributed by atoms with Gasteiger partial charge < -0.3 is 20.3 Å². The summed E-state index contributed by atoms with van der Waals surface area (Å²) in [5.41, 5.74) is 0. The van der Waals surface area contributed by atoms with Gasteiger partial charge in [0.2, 0.25) is 5.91 Å². The van der Waals surface area contributed by atoms with Crippen molar-refractivity contribution in [3.05, 3.63) is 97.2 Å². The first-order valence-corrected chi connectivity index (χ1v) is 28.0. The number of hydrogen-bond donors (Lipinski definition) is 3. The summed E-state index contributed by atoms with van der Waals surface area (Å²) in [7, 11) is 0. The number of aliphatic hydroxyl groups excluding tert-OH is 2. The number of rotatable bonds is 49. The first kappa shape index (κ1) is 63.8. The van der Waals surface area contributed by atoms with E-state index >= 15 is 0 Å². The van der Waals surface area contributed by atoms with Crippen molar-refractivity contribution in [2.24, 2.45) is 0 Å². The monoisotopic (exact) mass is 932 g/mol. The molecule has 0 spiro atoms. The lowest BCUT2D eigenvalue weighted by molar-refractivity contribution is -0.150. The number of nitrogens with one attached hydrogen (secondary N) is 1. The molecule has 0 aromatic carbocycles. The summed E-state index contributed by atoms with van der Waals surface area (Å²) in [5.74, 6) is -0.624. The summed E-state index contributed by atoms with van der Waals surface area (Å²) >= 11 is 0. The zero-order chi connectivity index (χ0) is 48.8. The van der Waals surface area contributed by atoms with Crippen LogP contribution in [0.1, 0.15) is 252 Å². The molecule has 0 saturated heterocycles. The molecule has 0 rings (SSSR count). The molecule has 3 atom stereocenters. The van der Waals surface area contributed by atoms with Crippen molar-refractivity contribution in [2.45, 2.75) is 270 Å². The van der Waals surface area contributed by atoms with Gasteiger partial charge in [-0.2, -0.15) is 0 Å². The van der Waals surface area contributed by atoms with Crippen LogP contribution < -0.4 is 5.32 Å². The lowest BCUT2D eigenvalue weighted by Gasteiger charge is -2.24. The first-order valence-electron chi connectivity index (χ1n) is 28.0. The number of aliphatic hydroxyl groups is 2. The Labute approximate surface area is 414 Å². The number of hydrogen-bond acceptors (Lipinski definition) is 5. The van der Waals surface area contributed by atoms with Crippen molar-refractivity contribution in [2.75, 3.05) is 6.61 Å². The lowest BCUT2D eigenvalue weighted by Crippen LogP contribution is -2.46. The van der Waals surface area contributed by atoms with E-state index in [1.54, 1.807) is 0 Å². The number of amides is 1. The van der Waals surface area contributed by atoms with E-state index < -0.39 is 18.2 Å². The highest BCUT2D eigenvalue weighted by Gasteiger charge is 2.24. The molecular formula is C61H105NO5. The topological polar surface area (TPSA) is 95.9 Å². The SMILES string of the molecule is CC/C=C\C/C=C\C/C=C\C/C=C\C/C=C\C/C=C\CCC(=O)OC(CCC/C=C/C=C/CCCCCCCCC)CC(=O)NC(CO)C(O)CCCCCCCCCCCCCCCCC. The smallest absolute Gasteiger partial charge is 0.306 e. The second kappa shape index (κ2) is 53.7. The number of esters is 1. The zero-order valence-electron chi connectivity index (χ0n) is 43.8. The second-order valence-electron chi connectivity index (χ2n) is 18.6. The zero-order valence-corrected chi connectivity index (χ0v) is 43.8. The van der Waals surface area contributed by atoms with Gasteiger partial charge in [-0.1, -0.05) is 253 Å². The Kier molecular flexibility index (Phi) is 51.1. The van der Waals surface area contributed by atoms with Crippen LogP contribution in [0.5, 0.6) is 0 Å². The van der Waals surface area contributed by atoms with Crippen LogP contribution in [0, 0.1) is 0 Å². The van der Waals surface area contributed by atoms with Gasteiger partial charge in [0, 0.05) is 6.42 Å². The highest BCUT2D eigenvalue weighted by atomic mass is 16.5. The van der Waals surface area contributed by atoms with Crippen molar-refractivity contribution < 1.29 is 24.5 Å². The number of carbonyl (C=O) groups is 2. The Bertz CT molecular complexity index is 1320. The number of carbonyl (C=O) groups excluding carboxylic acids is 2. The van der Waals surface area contributed by atoms with Gasteiger partial charge in [-0.15, -0.1) is 0 Å². The minimum absolute atomic E-state index is 0.00981. The van der Waals surface area contributed by atoms with E-state index in [0.29, 0.717) is 19.3 Å². The normalized spacial score (nSPS) is 13.9. The third-order valence-electron chi connectivity index (χ3n) is 12.2. The summed E-state index contributed by atoms with van der Waals surface area (Å²) in [4.78, 5) is 26.2. The fraction of sp³-hybridized carbons (Fsp3) is 0.705. The van der Waals surface area contributed by atoms with Gasteiger partial charge >= 0.3 is 5.97 Å². The average Bonchev–Trinajstić information content (AvgIpc) is 3.32. The first-order chi connectivity index (χ1) is 33.0. The Hall–Kier alpha value is -3.22. The number of ether oxygens (including phenoxy) is 1. The minimum atomic E-state index is -0.817. The molecule has 0 heterocycles. The number of unbranched alkanes of at least 4 members (excludes halogenated alkanes) is 22. The van der Waals surface area contributed by atoms with Gasteiger partial charge in [0.15, 0.2) is 0 Å². The molecule has 0 aliphatic rings. The van der Waals surface area contributed by atoms with Crippen LogP contribution >= 0.6 is 0 Å².